The molecule has 88 valence electrons. The molecule has 1 saturated heterocycles. The lowest BCUT2D eigenvalue weighted by Gasteiger charge is -2.27. The number of nitrogens with zero attached hydrogens (tertiary/aromatic N) is 1. The van der Waals surface area contributed by atoms with Crippen LogP contribution in [0.5, 0.6) is 0 Å². The second-order valence-electron chi connectivity index (χ2n) is 3.94. The number of carbonyl (C=O) groups excluding carboxylic acids is 1. The molecule has 0 aromatic carbocycles. The number of aliphatic hydroxyl groups excluding tert-OH is 1. The van der Waals surface area contributed by atoms with Gasteiger partial charge in [0.05, 0.1) is 0 Å². The summed E-state index contributed by atoms with van der Waals surface area (Å²) < 4.78 is 0. The van der Waals surface area contributed by atoms with E-state index in [1.165, 1.54) is 0 Å². The van der Waals surface area contributed by atoms with Gasteiger partial charge < -0.3 is 15.7 Å². The lowest BCUT2D eigenvalue weighted by Crippen LogP contribution is -2.39. The molecule has 1 amide bonds. The van der Waals surface area contributed by atoms with Crippen molar-refractivity contribution in [3.8, 4) is 0 Å². The fourth-order valence-electron chi connectivity index (χ4n) is 1.94. The first-order valence-electron chi connectivity index (χ1n) is 5.37. The third-order valence-corrected chi connectivity index (χ3v) is 3.42. The number of rotatable bonds is 6. The Morgan fingerprint density at radius 1 is 1.60 bits per heavy atom. The molecule has 1 fully saturated rings. The van der Waals surface area contributed by atoms with Crippen LogP contribution in [0.15, 0.2) is 0 Å². The van der Waals surface area contributed by atoms with Gasteiger partial charge in [-0.05, 0) is 25.5 Å². The van der Waals surface area contributed by atoms with E-state index in [0.717, 1.165) is 25.1 Å². The number of thioether (sulfide) groups is 1. The summed E-state index contributed by atoms with van der Waals surface area (Å²) in [6.45, 7) is 0.866. The minimum atomic E-state index is -0.757. The van der Waals surface area contributed by atoms with Gasteiger partial charge in [-0.2, -0.15) is 11.8 Å². The largest absolute Gasteiger partial charge is 0.379 e. The molecule has 2 atom stereocenters. The lowest BCUT2D eigenvalue weighted by atomic mass is 10.1. The van der Waals surface area contributed by atoms with Gasteiger partial charge in [0.1, 0.15) is 6.23 Å². The zero-order chi connectivity index (χ0) is 11.3. The fraction of sp³-hybridized carbons (Fsp3) is 0.900. The monoisotopic (exact) mass is 232 g/mol. The standard InChI is InChI=1S/C10H20N2O2S/c1-15-7-8(4-5-9(11)13)12-6-2-3-10(12)14/h8-9,13H,2-7,11H2,1H3. The van der Waals surface area contributed by atoms with Crippen LogP contribution in [0.3, 0.4) is 0 Å². The van der Waals surface area contributed by atoms with Gasteiger partial charge in [0, 0.05) is 24.8 Å². The van der Waals surface area contributed by atoms with Crippen molar-refractivity contribution < 1.29 is 9.90 Å². The molecule has 1 heterocycles. The van der Waals surface area contributed by atoms with E-state index in [1.54, 1.807) is 11.8 Å². The van der Waals surface area contributed by atoms with Crippen LogP contribution in [-0.4, -0.2) is 46.7 Å². The molecule has 15 heavy (non-hydrogen) atoms. The van der Waals surface area contributed by atoms with E-state index in [9.17, 15) is 4.79 Å². The molecule has 1 rings (SSSR count). The number of nitrogens with two attached hydrogens (primary N) is 1. The van der Waals surface area contributed by atoms with Crippen molar-refractivity contribution in [2.24, 2.45) is 5.73 Å². The molecule has 0 aliphatic carbocycles. The smallest absolute Gasteiger partial charge is 0.222 e. The van der Waals surface area contributed by atoms with Gasteiger partial charge in [-0.1, -0.05) is 0 Å². The van der Waals surface area contributed by atoms with Gasteiger partial charge in [-0.15, -0.1) is 0 Å². The third kappa shape index (κ3) is 4.01. The molecule has 1 aliphatic rings. The lowest BCUT2D eigenvalue weighted by molar-refractivity contribution is -0.129. The van der Waals surface area contributed by atoms with E-state index < -0.39 is 6.23 Å². The Labute approximate surface area is 95.2 Å². The molecule has 0 saturated carbocycles. The molecule has 3 N–H and O–H groups in total. The number of hydrogen-bond donors (Lipinski definition) is 2. The van der Waals surface area contributed by atoms with Gasteiger partial charge in [0.2, 0.25) is 5.91 Å². The Balaban J connectivity index is 2.44. The third-order valence-electron chi connectivity index (χ3n) is 2.71. The summed E-state index contributed by atoms with van der Waals surface area (Å²) in [5, 5.41) is 9.05. The molecule has 4 nitrogen and oxygen atoms in total. The van der Waals surface area contributed by atoms with E-state index in [-0.39, 0.29) is 11.9 Å². The molecule has 0 bridgehead atoms. The Bertz CT molecular complexity index is 212. The van der Waals surface area contributed by atoms with E-state index in [4.69, 9.17) is 10.8 Å². The van der Waals surface area contributed by atoms with Crippen molar-refractivity contribution in [2.45, 2.75) is 38.0 Å². The predicted octanol–water partition coefficient (Wildman–Crippen LogP) is 0.398. The summed E-state index contributed by atoms with van der Waals surface area (Å²) in [4.78, 5) is 13.5. The normalized spacial score (nSPS) is 20.7. The van der Waals surface area contributed by atoms with Crippen LogP contribution in [-0.2, 0) is 4.79 Å². The number of amides is 1. The average molecular weight is 232 g/mol. The maximum absolute atomic E-state index is 11.6. The molecule has 5 heteroatoms. The topological polar surface area (TPSA) is 66.6 Å². The van der Waals surface area contributed by atoms with E-state index >= 15 is 0 Å². The second kappa shape index (κ2) is 6.35. The Hall–Kier alpha value is -0.260. The molecule has 0 aromatic heterocycles. The van der Waals surface area contributed by atoms with Crippen molar-refractivity contribution in [1.29, 1.82) is 0 Å². The molecule has 0 spiro atoms. The zero-order valence-electron chi connectivity index (χ0n) is 9.19. The van der Waals surface area contributed by atoms with Gasteiger partial charge in [-0.3, -0.25) is 4.79 Å². The van der Waals surface area contributed by atoms with E-state index in [0.29, 0.717) is 12.8 Å². The molecule has 0 radical (unpaired) electrons. The summed E-state index contributed by atoms with van der Waals surface area (Å²) in [5.41, 5.74) is 5.32. The van der Waals surface area contributed by atoms with Gasteiger partial charge in [0.15, 0.2) is 0 Å². The second-order valence-corrected chi connectivity index (χ2v) is 4.86. The molecular weight excluding hydrogens is 212 g/mol. The van der Waals surface area contributed by atoms with E-state index in [2.05, 4.69) is 0 Å². The van der Waals surface area contributed by atoms with E-state index in [1.807, 2.05) is 11.2 Å². The first-order chi connectivity index (χ1) is 7.15. The Morgan fingerprint density at radius 2 is 2.33 bits per heavy atom. The van der Waals surface area contributed by atoms with Crippen molar-refractivity contribution in [1.82, 2.24) is 4.90 Å². The minimum Gasteiger partial charge on any atom is -0.379 e. The molecule has 1 aliphatic heterocycles. The maximum Gasteiger partial charge on any atom is 0.222 e. The summed E-state index contributed by atoms with van der Waals surface area (Å²) in [6.07, 6.45) is 4.28. The molecular formula is C10H20N2O2S. The van der Waals surface area contributed by atoms with Crippen LogP contribution in [0.2, 0.25) is 0 Å². The number of carbonyl (C=O) groups is 1. The predicted molar refractivity (Wildman–Crippen MR) is 62.5 cm³/mol. The highest BCUT2D eigenvalue weighted by Crippen LogP contribution is 2.19. The number of hydrogen-bond acceptors (Lipinski definition) is 4. The highest BCUT2D eigenvalue weighted by molar-refractivity contribution is 7.98. The van der Waals surface area contributed by atoms with Gasteiger partial charge >= 0.3 is 0 Å². The first kappa shape index (κ1) is 12.8. The summed E-state index contributed by atoms with van der Waals surface area (Å²) in [7, 11) is 0. The summed E-state index contributed by atoms with van der Waals surface area (Å²) in [5.74, 6) is 1.18. The van der Waals surface area contributed by atoms with Gasteiger partial charge in [-0.25, -0.2) is 0 Å². The SMILES string of the molecule is CSCC(CCC(N)O)N1CCCC1=O. The number of aliphatic hydroxyl groups is 1. The average Bonchev–Trinajstić information content (AvgIpc) is 2.59. The maximum atomic E-state index is 11.6. The fourth-order valence-corrected chi connectivity index (χ4v) is 2.67. The van der Waals surface area contributed by atoms with Crippen LogP contribution in [0.4, 0.5) is 0 Å². The zero-order valence-corrected chi connectivity index (χ0v) is 10.0. The quantitative estimate of drug-likeness (QED) is 0.650. The Morgan fingerprint density at radius 3 is 2.80 bits per heavy atom. The molecule has 0 aromatic rings. The van der Waals surface area contributed by atoms with Crippen LogP contribution >= 0.6 is 11.8 Å². The summed E-state index contributed by atoms with van der Waals surface area (Å²) in [6, 6.07) is 0.244. The van der Waals surface area contributed by atoms with Crippen LogP contribution < -0.4 is 5.73 Å². The first-order valence-corrected chi connectivity index (χ1v) is 6.76. The van der Waals surface area contributed by atoms with Crippen LogP contribution in [0.25, 0.3) is 0 Å². The van der Waals surface area contributed by atoms with Crippen molar-refractivity contribution >= 4 is 17.7 Å². The highest BCUT2D eigenvalue weighted by Gasteiger charge is 2.27. The van der Waals surface area contributed by atoms with Gasteiger partial charge in [0.25, 0.3) is 0 Å². The van der Waals surface area contributed by atoms with Crippen molar-refractivity contribution in [3.63, 3.8) is 0 Å². The van der Waals surface area contributed by atoms with Crippen LogP contribution in [0, 0.1) is 0 Å². The minimum absolute atomic E-state index is 0.244. The number of likely N-dealkylation sites (tertiary alicyclic amines) is 1. The summed E-state index contributed by atoms with van der Waals surface area (Å²) >= 11 is 1.73. The van der Waals surface area contributed by atoms with Crippen molar-refractivity contribution in [2.75, 3.05) is 18.6 Å². The highest BCUT2D eigenvalue weighted by atomic mass is 32.2. The van der Waals surface area contributed by atoms with Crippen LogP contribution in [0.1, 0.15) is 25.7 Å². The molecule has 2 unspecified atom stereocenters. The van der Waals surface area contributed by atoms with Crippen molar-refractivity contribution in [3.05, 3.63) is 0 Å². The Kier molecular flexibility index (Phi) is 5.42.